The molecule has 0 radical (unpaired) electrons. The van der Waals surface area contributed by atoms with Gasteiger partial charge in [0.15, 0.2) is 0 Å². The molecule has 0 aromatic heterocycles. The zero-order valence-corrected chi connectivity index (χ0v) is 11.5. The third kappa shape index (κ3) is 2.98. The minimum absolute atomic E-state index is 0.0958. The van der Waals surface area contributed by atoms with Gasteiger partial charge in [0.2, 0.25) is 0 Å². The predicted octanol–water partition coefficient (Wildman–Crippen LogP) is 1.24. The van der Waals surface area contributed by atoms with Gasteiger partial charge in [-0.2, -0.15) is 0 Å². The van der Waals surface area contributed by atoms with E-state index in [0.717, 1.165) is 25.2 Å². The number of rotatable bonds is 3. The molecule has 19 heavy (non-hydrogen) atoms. The van der Waals surface area contributed by atoms with Crippen LogP contribution in [-0.4, -0.2) is 38.8 Å². The first-order valence-electron chi connectivity index (χ1n) is 6.63. The molecule has 104 valence electrons. The number of ether oxygens (including phenoxy) is 1. The van der Waals surface area contributed by atoms with Crippen molar-refractivity contribution in [2.45, 2.75) is 19.4 Å². The summed E-state index contributed by atoms with van der Waals surface area (Å²) in [4.78, 5) is 13.9. The number of anilines is 2. The van der Waals surface area contributed by atoms with Gasteiger partial charge >= 0.3 is 0 Å². The lowest BCUT2D eigenvalue weighted by atomic mass is 10.1. The van der Waals surface area contributed by atoms with Crippen molar-refractivity contribution in [3.63, 3.8) is 0 Å². The van der Waals surface area contributed by atoms with Crippen LogP contribution in [0, 0.1) is 0 Å². The average Bonchev–Trinajstić information content (AvgIpc) is 2.47. The van der Waals surface area contributed by atoms with Gasteiger partial charge in [0, 0.05) is 25.7 Å². The number of carbonyl (C=O) groups is 1. The van der Waals surface area contributed by atoms with E-state index < -0.39 is 0 Å². The smallest absolute Gasteiger partial charge is 0.251 e. The quantitative estimate of drug-likeness (QED) is 0.805. The van der Waals surface area contributed by atoms with E-state index in [1.165, 1.54) is 0 Å². The highest BCUT2D eigenvalue weighted by atomic mass is 16.5. The van der Waals surface area contributed by atoms with E-state index >= 15 is 0 Å². The summed E-state index contributed by atoms with van der Waals surface area (Å²) >= 11 is 0. The molecule has 3 N–H and O–H groups in total. The van der Waals surface area contributed by atoms with Crippen molar-refractivity contribution in [1.29, 1.82) is 0 Å². The molecule has 0 saturated carbocycles. The molecule has 1 heterocycles. The van der Waals surface area contributed by atoms with Gasteiger partial charge in [-0.05, 0) is 24.6 Å². The van der Waals surface area contributed by atoms with Crippen molar-refractivity contribution in [3.05, 3.63) is 23.8 Å². The Labute approximate surface area is 113 Å². The van der Waals surface area contributed by atoms with Gasteiger partial charge < -0.3 is 20.7 Å². The molecule has 0 aliphatic carbocycles. The Bertz CT molecular complexity index is 462. The lowest BCUT2D eigenvalue weighted by Crippen LogP contribution is -2.42. The highest BCUT2D eigenvalue weighted by Gasteiger charge is 2.21. The van der Waals surface area contributed by atoms with Crippen LogP contribution in [0.2, 0.25) is 0 Å². The molecule has 1 aromatic rings. The number of nitrogen functional groups attached to an aromatic ring is 1. The SMILES string of the molecule is CCC1CN(c2cc(C(=O)NC)ccc2N)CCO1. The number of benzene rings is 1. The summed E-state index contributed by atoms with van der Waals surface area (Å²) in [7, 11) is 1.63. The standard InChI is InChI=1S/C14H21N3O2/c1-3-11-9-17(6-7-19-11)13-8-10(14(18)16-2)4-5-12(13)15/h4-5,8,11H,3,6-7,9,15H2,1-2H3,(H,16,18). The van der Waals surface area contributed by atoms with E-state index in [1.54, 1.807) is 19.2 Å². The second-order valence-corrected chi connectivity index (χ2v) is 4.70. The first-order chi connectivity index (χ1) is 9.15. The first kappa shape index (κ1) is 13.7. The Morgan fingerprint density at radius 2 is 2.37 bits per heavy atom. The summed E-state index contributed by atoms with van der Waals surface area (Å²) in [5.41, 5.74) is 8.28. The number of carbonyl (C=O) groups excluding carboxylic acids is 1. The molecule has 1 atom stereocenters. The van der Waals surface area contributed by atoms with E-state index in [0.29, 0.717) is 17.9 Å². The Morgan fingerprint density at radius 3 is 3.05 bits per heavy atom. The molecule has 2 rings (SSSR count). The van der Waals surface area contributed by atoms with Gasteiger partial charge in [0.05, 0.1) is 24.1 Å². The normalized spacial score (nSPS) is 19.3. The molecule has 0 spiro atoms. The molecule has 1 amide bonds. The molecule has 1 fully saturated rings. The lowest BCUT2D eigenvalue weighted by Gasteiger charge is -2.35. The van der Waals surface area contributed by atoms with Gasteiger partial charge in [0.25, 0.3) is 5.91 Å². The van der Waals surface area contributed by atoms with E-state index in [-0.39, 0.29) is 12.0 Å². The van der Waals surface area contributed by atoms with Gasteiger partial charge in [-0.15, -0.1) is 0 Å². The third-order valence-electron chi connectivity index (χ3n) is 3.45. The summed E-state index contributed by atoms with van der Waals surface area (Å²) in [5.74, 6) is -0.0958. The number of hydrogen-bond donors (Lipinski definition) is 2. The van der Waals surface area contributed by atoms with Crippen LogP contribution in [-0.2, 0) is 4.74 Å². The molecule has 1 saturated heterocycles. The summed E-state index contributed by atoms with van der Waals surface area (Å²) in [6, 6.07) is 5.39. The maximum Gasteiger partial charge on any atom is 0.251 e. The van der Waals surface area contributed by atoms with Crippen LogP contribution >= 0.6 is 0 Å². The Morgan fingerprint density at radius 1 is 1.58 bits per heavy atom. The second kappa shape index (κ2) is 5.93. The van der Waals surface area contributed by atoms with Crippen molar-refractivity contribution < 1.29 is 9.53 Å². The van der Waals surface area contributed by atoms with Crippen LogP contribution in [0.4, 0.5) is 11.4 Å². The molecule has 0 bridgehead atoms. The van der Waals surface area contributed by atoms with Crippen LogP contribution in [0.5, 0.6) is 0 Å². The van der Waals surface area contributed by atoms with E-state index in [9.17, 15) is 4.79 Å². The molecular weight excluding hydrogens is 242 g/mol. The third-order valence-corrected chi connectivity index (χ3v) is 3.45. The number of hydrogen-bond acceptors (Lipinski definition) is 4. The van der Waals surface area contributed by atoms with Crippen LogP contribution in [0.1, 0.15) is 23.7 Å². The minimum Gasteiger partial charge on any atom is -0.397 e. The molecule has 5 heteroatoms. The number of nitrogens with zero attached hydrogens (tertiary/aromatic N) is 1. The highest BCUT2D eigenvalue weighted by Crippen LogP contribution is 2.26. The maximum absolute atomic E-state index is 11.7. The zero-order chi connectivity index (χ0) is 13.8. The first-order valence-corrected chi connectivity index (χ1v) is 6.63. The summed E-state index contributed by atoms with van der Waals surface area (Å²) in [5, 5.41) is 2.63. The molecular formula is C14H21N3O2. The Hall–Kier alpha value is -1.75. The highest BCUT2D eigenvalue weighted by molar-refractivity contribution is 5.96. The van der Waals surface area contributed by atoms with Gasteiger partial charge in [-0.25, -0.2) is 0 Å². The molecule has 1 aliphatic rings. The summed E-state index contributed by atoms with van der Waals surface area (Å²) in [6.07, 6.45) is 1.21. The van der Waals surface area contributed by atoms with Crippen molar-refractivity contribution in [1.82, 2.24) is 5.32 Å². The predicted molar refractivity (Wildman–Crippen MR) is 76.5 cm³/mol. The van der Waals surface area contributed by atoms with Crippen molar-refractivity contribution in [2.75, 3.05) is 37.4 Å². The summed E-state index contributed by atoms with van der Waals surface area (Å²) < 4.78 is 5.66. The van der Waals surface area contributed by atoms with Gasteiger partial charge in [-0.3, -0.25) is 4.79 Å². The second-order valence-electron chi connectivity index (χ2n) is 4.70. The van der Waals surface area contributed by atoms with Gasteiger partial charge in [-0.1, -0.05) is 6.92 Å². The number of nitrogens with one attached hydrogen (secondary N) is 1. The van der Waals surface area contributed by atoms with Crippen LogP contribution in [0.25, 0.3) is 0 Å². The number of morpholine rings is 1. The average molecular weight is 263 g/mol. The molecule has 1 aromatic carbocycles. The minimum atomic E-state index is -0.0958. The van der Waals surface area contributed by atoms with Crippen LogP contribution in [0.15, 0.2) is 18.2 Å². The fourth-order valence-electron chi connectivity index (χ4n) is 2.29. The molecule has 5 nitrogen and oxygen atoms in total. The van der Waals surface area contributed by atoms with E-state index in [1.807, 2.05) is 6.07 Å². The van der Waals surface area contributed by atoms with Gasteiger partial charge in [0.1, 0.15) is 0 Å². The topological polar surface area (TPSA) is 67.6 Å². The van der Waals surface area contributed by atoms with Crippen LogP contribution in [0.3, 0.4) is 0 Å². The fraction of sp³-hybridized carbons (Fsp3) is 0.500. The zero-order valence-electron chi connectivity index (χ0n) is 11.5. The molecule has 1 unspecified atom stereocenters. The molecule has 1 aliphatic heterocycles. The van der Waals surface area contributed by atoms with E-state index in [2.05, 4.69) is 17.1 Å². The largest absolute Gasteiger partial charge is 0.397 e. The maximum atomic E-state index is 11.7. The van der Waals surface area contributed by atoms with Crippen molar-refractivity contribution >= 4 is 17.3 Å². The Balaban J connectivity index is 2.25. The number of amides is 1. The Kier molecular flexibility index (Phi) is 4.27. The van der Waals surface area contributed by atoms with Crippen molar-refractivity contribution in [3.8, 4) is 0 Å². The summed E-state index contributed by atoms with van der Waals surface area (Å²) in [6.45, 7) is 4.43. The van der Waals surface area contributed by atoms with Crippen molar-refractivity contribution in [2.24, 2.45) is 0 Å². The lowest BCUT2D eigenvalue weighted by molar-refractivity contribution is 0.0385. The fourth-order valence-corrected chi connectivity index (χ4v) is 2.29. The van der Waals surface area contributed by atoms with Crippen LogP contribution < -0.4 is 16.0 Å². The monoisotopic (exact) mass is 263 g/mol. The van der Waals surface area contributed by atoms with E-state index in [4.69, 9.17) is 10.5 Å². The number of nitrogens with two attached hydrogens (primary N) is 1.